The van der Waals surface area contributed by atoms with E-state index in [9.17, 15) is 14.4 Å². The van der Waals surface area contributed by atoms with Crippen molar-refractivity contribution in [3.8, 4) is 5.75 Å². The average Bonchev–Trinajstić information content (AvgIpc) is 3.11. The van der Waals surface area contributed by atoms with Crippen LogP contribution in [-0.4, -0.2) is 18.4 Å². The summed E-state index contributed by atoms with van der Waals surface area (Å²) in [6, 6.07) is 6.85. The Balaban J connectivity index is 1.74. The molecule has 1 N–H and O–H groups in total. The number of carbonyl (C=O) groups excluding carboxylic acids is 2. The Bertz CT molecular complexity index is 1040. The molecule has 3 aromatic rings. The van der Waals surface area contributed by atoms with Gasteiger partial charge in [-0.25, -0.2) is 4.79 Å². The van der Waals surface area contributed by atoms with Crippen LogP contribution in [0.5, 0.6) is 5.75 Å². The molecule has 3 rings (SSSR count). The number of nitrogens with one attached hydrogen (secondary N) is 1. The molecule has 27 heavy (non-hydrogen) atoms. The van der Waals surface area contributed by atoms with Crippen LogP contribution in [0.25, 0.3) is 11.0 Å². The molecule has 2 heterocycles. The van der Waals surface area contributed by atoms with Gasteiger partial charge in [0.25, 0.3) is 0 Å². The van der Waals surface area contributed by atoms with Crippen LogP contribution in [0.15, 0.2) is 44.2 Å². The van der Waals surface area contributed by atoms with E-state index >= 15 is 0 Å². The van der Waals surface area contributed by atoms with Crippen molar-refractivity contribution in [1.82, 2.24) is 5.32 Å². The van der Waals surface area contributed by atoms with Gasteiger partial charge in [0, 0.05) is 24.9 Å². The van der Waals surface area contributed by atoms with Gasteiger partial charge in [0.1, 0.15) is 11.3 Å². The van der Waals surface area contributed by atoms with Gasteiger partial charge in [-0.05, 0) is 53.4 Å². The molecule has 0 aliphatic rings. The average molecular weight is 385 g/mol. The van der Waals surface area contributed by atoms with Gasteiger partial charge in [0.15, 0.2) is 0 Å². The number of esters is 1. The summed E-state index contributed by atoms with van der Waals surface area (Å²) in [4.78, 5) is 35.6. The topological polar surface area (TPSA) is 85.6 Å². The van der Waals surface area contributed by atoms with Crippen molar-refractivity contribution in [2.24, 2.45) is 0 Å². The largest absolute Gasteiger partial charge is 0.427 e. The monoisotopic (exact) mass is 385 g/mol. The second kappa shape index (κ2) is 8.18. The number of ether oxygens (including phenoxy) is 1. The first-order valence-electron chi connectivity index (χ1n) is 8.46. The van der Waals surface area contributed by atoms with Gasteiger partial charge in [-0.3, -0.25) is 9.59 Å². The fourth-order valence-electron chi connectivity index (χ4n) is 2.81. The van der Waals surface area contributed by atoms with Crippen LogP contribution in [0.4, 0.5) is 0 Å². The molecule has 0 spiro atoms. The van der Waals surface area contributed by atoms with E-state index in [0.29, 0.717) is 34.4 Å². The number of hydrogen-bond donors (Lipinski definition) is 1. The first-order valence-corrected chi connectivity index (χ1v) is 9.41. The third-order valence-electron chi connectivity index (χ3n) is 4.17. The number of amides is 1. The molecule has 6 nitrogen and oxygen atoms in total. The van der Waals surface area contributed by atoms with Crippen molar-refractivity contribution in [1.29, 1.82) is 0 Å². The number of aryl methyl sites for hydroxylation is 1. The molecule has 0 bridgehead atoms. The van der Waals surface area contributed by atoms with Crippen molar-refractivity contribution >= 4 is 34.2 Å². The van der Waals surface area contributed by atoms with E-state index in [1.807, 2.05) is 16.8 Å². The molecular weight excluding hydrogens is 366 g/mol. The molecule has 0 atom stereocenters. The lowest BCUT2D eigenvalue weighted by molar-refractivity contribution is -0.131. The molecule has 0 aliphatic heterocycles. The lowest BCUT2D eigenvalue weighted by Crippen LogP contribution is -2.29. The van der Waals surface area contributed by atoms with Gasteiger partial charge in [-0.15, -0.1) is 0 Å². The van der Waals surface area contributed by atoms with E-state index in [-0.39, 0.29) is 12.3 Å². The van der Waals surface area contributed by atoms with E-state index in [1.54, 1.807) is 30.4 Å². The number of fused-ring (bicyclic) bond motifs is 1. The number of carbonyl (C=O) groups is 2. The Kier molecular flexibility index (Phi) is 5.71. The molecule has 0 saturated heterocycles. The van der Waals surface area contributed by atoms with Crippen molar-refractivity contribution in [3.63, 3.8) is 0 Å². The van der Waals surface area contributed by atoms with Gasteiger partial charge in [0.05, 0.1) is 12.0 Å². The highest BCUT2D eigenvalue weighted by Gasteiger charge is 2.15. The Labute approximate surface area is 159 Å². The second-order valence-corrected chi connectivity index (χ2v) is 6.93. The SMILES string of the molecule is CC(=O)Oc1ccc2c(C)c(CC(=O)NCCc3ccsc3)c(=O)oc2c1. The first kappa shape index (κ1) is 18.8. The summed E-state index contributed by atoms with van der Waals surface area (Å²) in [5.74, 6) is -0.378. The Hall–Kier alpha value is -2.93. The Morgan fingerprint density at radius 3 is 2.78 bits per heavy atom. The van der Waals surface area contributed by atoms with Crippen LogP contribution in [0.1, 0.15) is 23.6 Å². The summed E-state index contributed by atoms with van der Waals surface area (Å²) in [6.07, 6.45) is 0.707. The smallest absolute Gasteiger partial charge is 0.340 e. The van der Waals surface area contributed by atoms with Gasteiger partial charge in [-0.2, -0.15) is 11.3 Å². The lowest BCUT2D eigenvalue weighted by atomic mass is 10.0. The highest BCUT2D eigenvalue weighted by atomic mass is 32.1. The fraction of sp³-hybridized carbons (Fsp3) is 0.250. The predicted molar refractivity (Wildman–Crippen MR) is 103 cm³/mol. The van der Waals surface area contributed by atoms with Gasteiger partial charge in [-0.1, -0.05) is 0 Å². The summed E-state index contributed by atoms with van der Waals surface area (Å²) >= 11 is 1.62. The molecule has 1 aromatic carbocycles. The summed E-state index contributed by atoms with van der Waals surface area (Å²) in [6.45, 7) is 3.59. The zero-order valence-electron chi connectivity index (χ0n) is 15.0. The summed E-state index contributed by atoms with van der Waals surface area (Å²) in [5, 5.41) is 7.56. The van der Waals surface area contributed by atoms with Gasteiger partial charge >= 0.3 is 11.6 Å². The normalized spacial score (nSPS) is 10.7. The quantitative estimate of drug-likeness (QED) is 0.401. The molecule has 140 valence electrons. The molecule has 7 heteroatoms. The number of thiophene rings is 1. The molecule has 0 radical (unpaired) electrons. The van der Waals surface area contributed by atoms with Gasteiger partial charge in [0.2, 0.25) is 5.91 Å². The lowest BCUT2D eigenvalue weighted by Gasteiger charge is -2.09. The maximum Gasteiger partial charge on any atom is 0.340 e. The van der Waals surface area contributed by atoms with Crippen molar-refractivity contribution in [2.75, 3.05) is 6.54 Å². The molecule has 0 fully saturated rings. The van der Waals surface area contributed by atoms with Crippen molar-refractivity contribution < 1.29 is 18.7 Å². The number of benzene rings is 1. The van der Waals surface area contributed by atoms with Crippen LogP contribution in [0.3, 0.4) is 0 Å². The van der Waals surface area contributed by atoms with Crippen LogP contribution in [0, 0.1) is 6.92 Å². The molecular formula is C20H19NO5S. The molecule has 0 aliphatic carbocycles. The fourth-order valence-corrected chi connectivity index (χ4v) is 3.52. The molecule has 0 unspecified atom stereocenters. The van der Waals surface area contributed by atoms with Crippen LogP contribution in [0.2, 0.25) is 0 Å². The standard InChI is InChI=1S/C20H19NO5S/c1-12-16-4-3-15(25-13(2)22)9-18(16)26-20(24)17(12)10-19(23)21-7-5-14-6-8-27-11-14/h3-4,6,8-9,11H,5,7,10H2,1-2H3,(H,21,23). The minimum atomic E-state index is -0.562. The highest BCUT2D eigenvalue weighted by Crippen LogP contribution is 2.24. The minimum Gasteiger partial charge on any atom is -0.427 e. The van der Waals surface area contributed by atoms with E-state index in [1.165, 1.54) is 18.6 Å². The zero-order valence-corrected chi connectivity index (χ0v) is 15.9. The van der Waals surface area contributed by atoms with E-state index in [2.05, 4.69) is 5.32 Å². The number of rotatable bonds is 6. The zero-order chi connectivity index (χ0) is 19.4. The maximum atomic E-state index is 12.3. The van der Waals surface area contributed by atoms with E-state index < -0.39 is 11.6 Å². The van der Waals surface area contributed by atoms with E-state index in [0.717, 1.165) is 6.42 Å². The third-order valence-corrected chi connectivity index (χ3v) is 4.91. The molecule has 2 aromatic heterocycles. The number of hydrogen-bond acceptors (Lipinski definition) is 6. The maximum absolute atomic E-state index is 12.3. The van der Waals surface area contributed by atoms with E-state index in [4.69, 9.17) is 9.15 Å². The summed E-state index contributed by atoms with van der Waals surface area (Å²) in [5.41, 5.74) is 1.94. The first-order chi connectivity index (χ1) is 12.9. The summed E-state index contributed by atoms with van der Waals surface area (Å²) in [7, 11) is 0. The van der Waals surface area contributed by atoms with Crippen molar-refractivity contribution in [2.45, 2.75) is 26.7 Å². The predicted octanol–water partition coefficient (Wildman–Crippen LogP) is 2.99. The van der Waals surface area contributed by atoms with Crippen LogP contribution < -0.4 is 15.7 Å². The third kappa shape index (κ3) is 4.62. The summed E-state index contributed by atoms with van der Waals surface area (Å²) < 4.78 is 10.3. The molecule has 1 amide bonds. The highest BCUT2D eigenvalue weighted by molar-refractivity contribution is 7.07. The van der Waals surface area contributed by atoms with Crippen LogP contribution in [-0.2, 0) is 22.4 Å². The van der Waals surface area contributed by atoms with Crippen molar-refractivity contribution in [3.05, 3.63) is 62.1 Å². The van der Waals surface area contributed by atoms with Crippen LogP contribution >= 0.6 is 11.3 Å². The van der Waals surface area contributed by atoms with Gasteiger partial charge < -0.3 is 14.5 Å². The molecule has 0 saturated carbocycles. The minimum absolute atomic E-state index is 0.0422. The second-order valence-electron chi connectivity index (χ2n) is 6.15. The Morgan fingerprint density at radius 2 is 2.07 bits per heavy atom. The Morgan fingerprint density at radius 1 is 1.26 bits per heavy atom.